The molecule has 1 saturated carbocycles. The molecule has 1 aliphatic carbocycles. The van der Waals surface area contributed by atoms with Crippen LogP contribution in [0.3, 0.4) is 0 Å². The van der Waals surface area contributed by atoms with E-state index in [9.17, 15) is 0 Å². The van der Waals surface area contributed by atoms with Crippen LogP contribution in [0, 0.1) is 0 Å². The molecule has 0 bridgehead atoms. The Morgan fingerprint density at radius 3 is 2.18 bits per heavy atom. The summed E-state index contributed by atoms with van der Waals surface area (Å²) in [6.07, 6.45) is 2.18. The minimum absolute atomic E-state index is 0.0352. The van der Waals surface area contributed by atoms with Crippen molar-refractivity contribution in [3.63, 3.8) is 0 Å². The van der Waals surface area contributed by atoms with Gasteiger partial charge < -0.3 is 15.2 Å². The van der Waals surface area contributed by atoms with Crippen LogP contribution < -0.4 is 15.2 Å². The molecule has 2 N–H and O–H groups in total. The molecule has 0 aliphatic heterocycles. The van der Waals surface area contributed by atoms with Gasteiger partial charge in [-0.3, -0.25) is 0 Å². The van der Waals surface area contributed by atoms with Crippen molar-refractivity contribution in [3.05, 3.63) is 23.8 Å². The number of methoxy groups -OCH3 is 2. The summed E-state index contributed by atoms with van der Waals surface area (Å²) in [7, 11) is 3.30. The maximum absolute atomic E-state index is 6.35. The Balaban J connectivity index is 2.39. The molecule has 0 radical (unpaired) electrons. The molecular formula is C14H21NO2. The molecular weight excluding hydrogens is 214 g/mol. The largest absolute Gasteiger partial charge is 0.493 e. The van der Waals surface area contributed by atoms with Crippen LogP contribution in [0.1, 0.15) is 32.3 Å². The van der Waals surface area contributed by atoms with Gasteiger partial charge in [-0.05, 0) is 30.5 Å². The molecule has 1 aromatic carbocycles. The van der Waals surface area contributed by atoms with E-state index >= 15 is 0 Å². The number of nitrogens with two attached hydrogens (primary N) is 1. The van der Waals surface area contributed by atoms with Crippen molar-refractivity contribution in [2.75, 3.05) is 14.2 Å². The second-order valence-electron chi connectivity index (χ2n) is 5.35. The summed E-state index contributed by atoms with van der Waals surface area (Å²) in [5.41, 5.74) is 7.45. The topological polar surface area (TPSA) is 44.5 Å². The van der Waals surface area contributed by atoms with Crippen LogP contribution >= 0.6 is 0 Å². The van der Waals surface area contributed by atoms with Crippen molar-refractivity contribution < 1.29 is 9.47 Å². The molecule has 3 heteroatoms. The molecule has 3 nitrogen and oxygen atoms in total. The molecule has 17 heavy (non-hydrogen) atoms. The molecule has 1 aliphatic rings. The third kappa shape index (κ3) is 1.89. The van der Waals surface area contributed by atoms with Crippen LogP contribution in [0.15, 0.2) is 18.2 Å². The lowest BCUT2D eigenvalue weighted by molar-refractivity contribution is 0.349. The predicted molar refractivity (Wildman–Crippen MR) is 68.7 cm³/mol. The standard InChI is InChI=1S/C14H21NO2/c1-13(2,14(15)7-8-14)10-5-6-11(16-3)12(9-10)17-4/h5-6,9H,7-8,15H2,1-4H3. The van der Waals surface area contributed by atoms with E-state index in [1.54, 1.807) is 14.2 Å². The maximum Gasteiger partial charge on any atom is 0.161 e. The molecule has 2 rings (SSSR count). The zero-order valence-corrected chi connectivity index (χ0v) is 11.0. The second-order valence-corrected chi connectivity index (χ2v) is 5.35. The van der Waals surface area contributed by atoms with Gasteiger partial charge in [0.1, 0.15) is 0 Å². The average Bonchev–Trinajstić information content (AvgIpc) is 3.08. The van der Waals surface area contributed by atoms with Crippen LogP contribution in [-0.4, -0.2) is 19.8 Å². The van der Waals surface area contributed by atoms with Crippen molar-refractivity contribution in [1.82, 2.24) is 0 Å². The Kier molecular flexibility index (Phi) is 2.82. The van der Waals surface area contributed by atoms with E-state index < -0.39 is 0 Å². The van der Waals surface area contributed by atoms with Crippen LogP contribution in [0.4, 0.5) is 0 Å². The Morgan fingerprint density at radius 2 is 1.71 bits per heavy atom. The third-order valence-corrected chi connectivity index (χ3v) is 4.14. The number of ether oxygens (including phenoxy) is 2. The van der Waals surface area contributed by atoms with Gasteiger partial charge in [-0.15, -0.1) is 0 Å². The fourth-order valence-corrected chi connectivity index (χ4v) is 2.27. The third-order valence-electron chi connectivity index (χ3n) is 4.14. The smallest absolute Gasteiger partial charge is 0.161 e. The highest BCUT2D eigenvalue weighted by atomic mass is 16.5. The lowest BCUT2D eigenvalue weighted by atomic mass is 9.76. The highest BCUT2D eigenvalue weighted by Gasteiger charge is 2.51. The molecule has 94 valence electrons. The molecule has 0 unspecified atom stereocenters. The molecule has 0 spiro atoms. The van der Waals surface area contributed by atoms with Gasteiger partial charge in [0.05, 0.1) is 14.2 Å². The number of hydrogen-bond acceptors (Lipinski definition) is 3. The summed E-state index contributed by atoms with van der Waals surface area (Å²) in [6.45, 7) is 4.39. The number of rotatable bonds is 4. The van der Waals surface area contributed by atoms with Crippen molar-refractivity contribution >= 4 is 0 Å². The van der Waals surface area contributed by atoms with Gasteiger partial charge in [-0.2, -0.15) is 0 Å². The first kappa shape index (κ1) is 12.2. The van der Waals surface area contributed by atoms with Gasteiger partial charge in [0.15, 0.2) is 11.5 Å². The Morgan fingerprint density at radius 1 is 1.12 bits per heavy atom. The quantitative estimate of drug-likeness (QED) is 0.872. The van der Waals surface area contributed by atoms with Crippen LogP contribution in [0.2, 0.25) is 0 Å². The zero-order chi connectivity index (χ0) is 12.7. The average molecular weight is 235 g/mol. The molecule has 0 atom stereocenters. The number of benzene rings is 1. The molecule has 0 heterocycles. The number of hydrogen-bond donors (Lipinski definition) is 1. The normalized spacial score (nSPS) is 17.7. The summed E-state index contributed by atoms with van der Waals surface area (Å²) in [4.78, 5) is 0. The van der Waals surface area contributed by atoms with E-state index in [4.69, 9.17) is 15.2 Å². The van der Waals surface area contributed by atoms with Crippen molar-refractivity contribution in [1.29, 1.82) is 0 Å². The fourth-order valence-electron chi connectivity index (χ4n) is 2.27. The van der Waals surface area contributed by atoms with E-state index in [0.29, 0.717) is 0 Å². The predicted octanol–water partition coefficient (Wildman–Crippen LogP) is 2.47. The van der Waals surface area contributed by atoms with E-state index in [1.165, 1.54) is 5.56 Å². The van der Waals surface area contributed by atoms with Gasteiger partial charge in [-0.1, -0.05) is 19.9 Å². The molecule has 0 amide bonds. The molecule has 0 saturated heterocycles. The Hall–Kier alpha value is -1.22. The van der Waals surface area contributed by atoms with Gasteiger partial charge in [-0.25, -0.2) is 0 Å². The van der Waals surface area contributed by atoms with Gasteiger partial charge in [0, 0.05) is 11.0 Å². The molecule has 1 fully saturated rings. The minimum Gasteiger partial charge on any atom is -0.493 e. The first-order chi connectivity index (χ1) is 7.94. The summed E-state index contributed by atoms with van der Waals surface area (Å²) < 4.78 is 10.6. The first-order valence-corrected chi connectivity index (χ1v) is 5.96. The van der Waals surface area contributed by atoms with Crippen LogP contribution in [0.25, 0.3) is 0 Å². The summed E-state index contributed by atoms with van der Waals surface area (Å²) in [6, 6.07) is 6.06. The highest BCUT2D eigenvalue weighted by molar-refractivity contribution is 5.46. The zero-order valence-electron chi connectivity index (χ0n) is 11.0. The van der Waals surface area contributed by atoms with E-state index in [1.807, 2.05) is 12.1 Å². The SMILES string of the molecule is COc1ccc(C(C)(C)C2(N)CC2)cc1OC. The van der Waals surface area contributed by atoms with Crippen molar-refractivity contribution in [2.24, 2.45) is 5.73 Å². The van der Waals surface area contributed by atoms with E-state index in [-0.39, 0.29) is 11.0 Å². The summed E-state index contributed by atoms with van der Waals surface area (Å²) >= 11 is 0. The van der Waals surface area contributed by atoms with Crippen molar-refractivity contribution in [3.8, 4) is 11.5 Å². The second kappa shape index (κ2) is 3.91. The first-order valence-electron chi connectivity index (χ1n) is 5.96. The van der Waals surface area contributed by atoms with E-state index in [0.717, 1.165) is 24.3 Å². The highest BCUT2D eigenvalue weighted by Crippen LogP contribution is 2.50. The summed E-state index contributed by atoms with van der Waals surface area (Å²) in [5.74, 6) is 1.52. The van der Waals surface area contributed by atoms with Crippen LogP contribution in [-0.2, 0) is 5.41 Å². The fraction of sp³-hybridized carbons (Fsp3) is 0.571. The maximum atomic E-state index is 6.35. The van der Waals surface area contributed by atoms with Gasteiger partial charge >= 0.3 is 0 Å². The van der Waals surface area contributed by atoms with Gasteiger partial charge in [0.2, 0.25) is 0 Å². The Bertz CT molecular complexity index is 422. The summed E-state index contributed by atoms with van der Waals surface area (Å²) in [5, 5.41) is 0. The van der Waals surface area contributed by atoms with Crippen molar-refractivity contribution in [2.45, 2.75) is 37.6 Å². The van der Waals surface area contributed by atoms with Gasteiger partial charge in [0.25, 0.3) is 0 Å². The lowest BCUT2D eigenvalue weighted by Gasteiger charge is -2.33. The van der Waals surface area contributed by atoms with E-state index in [2.05, 4.69) is 19.9 Å². The molecule has 1 aromatic rings. The van der Waals surface area contributed by atoms with Crippen LogP contribution in [0.5, 0.6) is 11.5 Å². The monoisotopic (exact) mass is 235 g/mol. The lowest BCUT2D eigenvalue weighted by Crippen LogP contribution is -2.43. The Labute approximate surface area is 103 Å². The molecule has 0 aromatic heterocycles. The minimum atomic E-state index is -0.0629.